The van der Waals surface area contributed by atoms with Crippen LogP contribution >= 0.6 is 0 Å². The Morgan fingerprint density at radius 3 is 2.08 bits per heavy atom. The van der Waals surface area contributed by atoms with Gasteiger partial charge in [-0.05, 0) is 55.2 Å². The zero-order valence-corrected chi connectivity index (χ0v) is 15.3. The van der Waals surface area contributed by atoms with Gasteiger partial charge in [-0.15, -0.1) is 0 Å². The van der Waals surface area contributed by atoms with Gasteiger partial charge in [0.1, 0.15) is 0 Å². The summed E-state index contributed by atoms with van der Waals surface area (Å²) in [5.74, 6) is 0. The summed E-state index contributed by atoms with van der Waals surface area (Å²) in [6, 6.07) is 13.1. The second kappa shape index (κ2) is 9.92. The van der Waals surface area contributed by atoms with E-state index in [0.29, 0.717) is 0 Å². The lowest BCUT2D eigenvalue weighted by Crippen LogP contribution is -2.25. The summed E-state index contributed by atoms with van der Waals surface area (Å²) in [5, 5.41) is 0. The van der Waals surface area contributed by atoms with Gasteiger partial charge in [0, 0.05) is 30.7 Å². The third-order valence-electron chi connectivity index (χ3n) is 4.21. The zero-order valence-electron chi connectivity index (χ0n) is 15.3. The molecule has 2 nitrogen and oxygen atoms in total. The molecular formula is C22H30N2. The Morgan fingerprint density at radius 2 is 1.50 bits per heavy atom. The highest BCUT2D eigenvalue weighted by Crippen LogP contribution is 2.18. The predicted octanol–water partition coefficient (Wildman–Crippen LogP) is 5.97. The molecule has 0 aliphatic heterocycles. The maximum atomic E-state index is 4.24. The number of rotatable bonds is 9. The minimum absolute atomic E-state index is 1.05. The lowest BCUT2D eigenvalue weighted by Gasteiger charge is -2.24. The van der Waals surface area contributed by atoms with Gasteiger partial charge in [-0.3, -0.25) is 4.98 Å². The van der Waals surface area contributed by atoms with E-state index in [1.54, 1.807) is 0 Å². The van der Waals surface area contributed by atoms with Crippen LogP contribution in [0, 0.1) is 6.92 Å². The number of aromatic nitrogens is 1. The molecule has 0 bridgehead atoms. The molecule has 2 heteroatoms. The second-order valence-electron chi connectivity index (χ2n) is 6.35. The minimum atomic E-state index is 1.05. The fourth-order valence-electron chi connectivity index (χ4n) is 2.73. The van der Waals surface area contributed by atoms with Gasteiger partial charge < -0.3 is 4.90 Å². The molecule has 0 atom stereocenters. The van der Waals surface area contributed by atoms with Gasteiger partial charge in [0.05, 0.1) is 0 Å². The Labute approximate surface area is 147 Å². The summed E-state index contributed by atoms with van der Waals surface area (Å²) < 4.78 is 0. The van der Waals surface area contributed by atoms with E-state index in [1.165, 1.54) is 42.5 Å². The smallest absolute Gasteiger partial charge is 0.0378 e. The van der Waals surface area contributed by atoms with Gasteiger partial charge in [0.15, 0.2) is 0 Å². The lowest BCUT2D eigenvalue weighted by molar-refractivity contribution is 0.678. The molecule has 0 N–H and O–H groups in total. The van der Waals surface area contributed by atoms with Crippen molar-refractivity contribution < 1.29 is 0 Å². The number of pyridine rings is 1. The Hall–Kier alpha value is -2.09. The Bertz CT molecular complexity index is 621. The van der Waals surface area contributed by atoms with Crippen LogP contribution in [0.2, 0.25) is 0 Å². The molecule has 0 saturated heterocycles. The van der Waals surface area contributed by atoms with Crippen LogP contribution in [0.4, 0.5) is 5.69 Å². The number of hydrogen-bond donors (Lipinski definition) is 0. The summed E-state index contributed by atoms with van der Waals surface area (Å²) in [7, 11) is 0. The van der Waals surface area contributed by atoms with Gasteiger partial charge in [-0.1, -0.05) is 51.0 Å². The first-order valence-corrected chi connectivity index (χ1v) is 9.18. The van der Waals surface area contributed by atoms with Crippen molar-refractivity contribution in [1.82, 2.24) is 4.98 Å². The monoisotopic (exact) mass is 322 g/mol. The number of aryl methyl sites for hydroxylation is 1. The molecule has 1 aromatic heterocycles. The molecule has 0 amide bonds. The summed E-state index contributed by atoms with van der Waals surface area (Å²) in [4.78, 5) is 6.76. The molecule has 0 radical (unpaired) electrons. The summed E-state index contributed by atoms with van der Waals surface area (Å²) in [6.45, 7) is 8.84. The SMILES string of the molecule is CCCCN(CCCC)c1ccc(/C=C/c2ccnc(C)c2)cc1. The van der Waals surface area contributed by atoms with E-state index in [0.717, 1.165) is 18.8 Å². The van der Waals surface area contributed by atoms with Crippen LogP contribution < -0.4 is 4.90 Å². The molecule has 1 heterocycles. The maximum Gasteiger partial charge on any atom is 0.0378 e. The molecule has 0 spiro atoms. The molecule has 0 aliphatic rings. The Kier molecular flexibility index (Phi) is 7.54. The highest BCUT2D eigenvalue weighted by Gasteiger charge is 2.05. The zero-order chi connectivity index (χ0) is 17.2. The molecular weight excluding hydrogens is 292 g/mol. The normalized spacial score (nSPS) is 11.1. The quantitative estimate of drug-likeness (QED) is 0.565. The van der Waals surface area contributed by atoms with Crippen LogP contribution in [0.15, 0.2) is 42.6 Å². The van der Waals surface area contributed by atoms with Crippen LogP contribution in [-0.4, -0.2) is 18.1 Å². The topological polar surface area (TPSA) is 16.1 Å². The number of hydrogen-bond acceptors (Lipinski definition) is 2. The Morgan fingerprint density at radius 1 is 0.875 bits per heavy atom. The molecule has 0 fully saturated rings. The van der Waals surface area contributed by atoms with Crippen molar-refractivity contribution in [1.29, 1.82) is 0 Å². The van der Waals surface area contributed by atoms with E-state index in [9.17, 15) is 0 Å². The summed E-state index contributed by atoms with van der Waals surface area (Å²) in [5.41, 5.74) is 4.82. The average molecular weight is 322 g/mol. The second-order valence-corrected chi connectivity index (χ2v) is 6.35. The lowest BCUT2D eigenvalue weighted by atomic mass is 10.1. The van der Waals surface area contributed by atoms with Crippen molar-refractivity contribution in [2.45, 2.75) is 46.5 Å². The van der Waals surface area contributed by atoms with Crippen molar-refractivity contribution in [3.8, 4) is 0 Å². The standard InChI is InChI=1S/C22H30N2/c1-4-6-16-24(17-7-5-2)22-12-10-20(11-13-22)8-9-21-14-15-23-19(3)18-21/h8-15,18H,4-7,16-17H2,1-3H3/b9-8+. The van der Waals surface area contributed by atoms with Crippen molar-refractivity contribution in [2.75, 3.05) is 18.0 Å². The van der Waals surface area contributed by atoms with Crippen LogP contribution in [0.1, 0.15) is 56.4 Å². The predicted molar refractivity (Wildman–Crippen MR) is 106 cm³/mol. The highest BCUT2D eigenvalue weighted by molar-refractivity contribution is 5.70. The first kappa shape index (κ1) is 18.3. The molecule has 0 unspecified atom stereocenters. The first-order valence-electron chi connectivity index (χ1n) is 9.18. The van der Waals surface area contributed by atoms with Gasteiger partial charge in [0.25, 0.3) is 0 Å². The van der Waals surface area contributed by atoms with Crippen LogP contribution in [-0.2, 0) is 0 Å². The fraction of sp³-hybridized carbons (Fsp3) is 0.409. The number of benzene rings is 1. The molecule has 0 saturated carbocycles. The van der Waals surface area contributed by atoms with E-state index in [2.05, 4.69) is 66.2 Å². The molecule has 24 heavy (non-hydrogen) atoms. The molecule has 2 aromatic rings. The highest BCUT2D eigenvalue weighted by atomic mass is 15.1. The molecule has 128 valence electrons. The van der Waals surface area contributed by atoms with Gasteiger partial charge >= 0.3 is 0 Å². The first-order chi connectivity index (χ1) is 11.7. The van der Waals surface area contributed by atoms with Gasteiger partial charge in [-0.25, -0.2) is 0 Å². The minimum Gasteiger partial charge on any atom is -0.372 e. The summed E-state index contributed by atoms with van der Waals surface area (Å²) >= 11 is 0. The van der Waals surface area contributed by atoms with Gasteiger partial charge in [0.2, 0.25) is 0 Å². The number of nitrogens with zero attached hydrogens (tertiary/aromatic N) is 2. The molecule has 1 aromatic carbocycles. The van der Waals surface area contributed by atoms with Crippen LogP contribution in [0.5, 0.6) is 0 Å². The van der Waals surface area contributed by atoms with E-state index in [4.69, 9.17) is 0 Å². The van der Waals surface area contributed by atoms with E-state index < -0.39 is 0 Å². The molecule has 0 aliphatic carbocycles. The van der Waals surface area contributed by atoms with E-state index in [1.807, 2.05) is 19.2 Å². The van der Waals surface area contributed by atoms with Crippen molar-refractivity contribution in [3.63, 3.8) is 0 Å². The van der Waals surface area contributed by atoms with Gasteiger partial charge in [-0.2, -0.15) is 0 Å². The van der Waals surface area contributed by atoms with Crippen molar-refractivity contribution in [2.24, 2.45) is 0 Å². The third kappa shape index (κ3) is 5.84. The number of anilines is 1. The summed E-state index contributed by atoms with van der Waals surface area (Å²) in [6.07, 6.45) is 11.2. The Balaban J connectivity index is 2.04. The van der Waals surface area contributed by atoms with Crippen LogP contribution in [0.25, 0.3) is 12.2 Å². The van der Waals surface area contributed by atoms with Crippen molar-refractivity contribution in [3.05, 3.63) is 59.4 Å². The largest absolute Gasteiger partial charge is 0.372 e. The third-order valence-corrected chi connectivity index (χ3v) is 4.21. The average Bonchev–Trinajstić information content (AvgIpc) is 2.61. The fourth-order valence-corrected chi connectivity index (χ4v) is 2.73. The van der Waals surface area contributed by atoms with Crippen LogP contribution in [0.3, 0.4) is 0 Å². The number of unbranched alkanes of at least 4 members (excludes halogenated alkanes) is 2. The molecule has 2 rings (SSSR count). The van der Waals surface area contributed by atoms with E-state index >= 15 is 0 Å². The maximum absolute atomic E-state index is 4.24. The van der Waals surface area contributed by atoms with E-state index in [-0.39, 0.29) is 0 Å². The van der Waals surface area contributed by atoms with Crippen molar-refractivity contribution >= 4 is 17.8 Å².